The molecule has 1 rings (SSSR count). The molecule has 0 fully saturated rings. The van der Waals surface area contributed by atoms with Gasteiger partial charge in [0.1, 0.15) is 11.3 Å². The second-order valence-corrected chi connectivity index (χ2v) is 4.44. The first-order valence-electron chi connectivity index (χ1n) is 6.73. The van der Waals surface area contributed by atoms with E-state index in [1.165, 1.54) is 6.07 Å². The molecule has 6 nitrogen and oxygen atoms in total. The normalized spacial score (nSPS) is 10.3. The van der Waals surface area contributed by atoms with E-state index in [-0.39, 0.29) is 28.4 Å². The van der Waals surface area contributed by atoms with Crippen LogP contribution in [0.25, 0.3) is 0 Å². The number of esters is 1. The summed E-state index contributed by atoms with van der Waals surface area (Å²) >= 11 is 0. The van der Waals surface area contributed by atoms with Crippen LogP contribution in [-0.4, -0.2) is 24.3 Å². The number of unbranched alkanes of at least 4 members (excludes halogenated alkanes) is 1. The number of carbonyl (C=O) groups is 1. The lowest BCUT2D eigenvalue weighted by molar-refractivity contribution is 0.0496. The SMILES string of the molecule is CCCCOC(=O)c1cc(N)c(OCCC)c(N)c1O. The van der Waals surface area contributed by atoms with E-state index in [1.807, 2.05) is 13.8 Å². The molecule has 0 aliphatic heterocycles. The maximum absolute atomic E-state index is 11.8. The van der Waals surface area contributed by atoms with Crippen LogP contribution in [0.4, 0.5) is 11.4 Å². The summed E-state index contributed by atoms with van der Waals surface area (Å²) in [6.07, 6.45) is 2.45. The minimum absolute atomic E-state index is 0.0408. The molecule has 0 bridgehead atoms. The Labute approximate surface area is 118 Å². The van der Waals surface area contributed by atoms with E-state index in [2.05, 4.69) is 0 Å². The van der Waals surface area contributed by atoms with Crippen molar-refractivity contribution in [2.75, 3.05) is 24.7 Å². The van der Waals surface area contributed by atoms with Gasteiger partial charge in [-0.1, -0.05) is 20.3 Å². The molecule has 1 aromatic rings. The number of hydrogen-bond acceptors (Lipinski definition) is 6. The lowest BCUT2D eigenvalue weighted by Gasteiger charge is -2.14. The van der Waals surface area contributed by atoms with E-state index in [9.17, 15) is 9.90 Å². The molecule has 0 saturated heterocycles. The van der Waals surface area contributed by atoms with Crippen LogP contribution in [-0.2, 0) is 4.74 Å². The monoisotopic (exact) mass is 282 g/mol. The molecule has 0 saturated carbocycles. The number of rotatable bonds is 7. The summed E-state index contributed by atoms with van der Waals surface area (Å²) < 4.78 is 10.4. The predicted octanol–water partition coefficient (Wildman–Crippen LogP) is 2.30. The van der Waals surface area contributed by atoms with E-state index in [0.717, 1.165) is 19.3 Å². The zero-order valence-corrected chi connectivity index (χ0v) is 11.9. The average Bonchev–Trinajstić information content (AvgIpc) is 2.43. The Morgan fingerprint density at radius 2 is 1.95 bits per heavy atom. The number of phenolic OH excluding ortho intramolecular Hbond substituents is 1. The van der Waals surface area contributed by atoms with Crippen molar-refractivity contribution in [3.8, 4) is 11.5 Å². The highest BCUT2D eigenvalue weighted by molar-refractivity contribution is 5.97. The molecule has 1 aromatic carbocycles. The largest absolute Gasteiger partial charge is 0.505 e. The molecule has 0 heterocycles. The quantitative estimate of drug-likeness (QED) is 0.233. The van der Waals surface area contributed by atoms with Gasteiger partial charge in [-0.05, 0) is 18.9 Å². The van der Waals surface area contributed by atoms with E-state index < -0.39 is 5.97 Å². The molecule has 0 aliphatic rings. The van der Waals surface area contributed by atoms with Crippen LogP contribution in [0.2, 0.25) is 0 Å². The van der Waals surface area contributed by atoms with Crippen LogP contribution in [0.3, 0.4) is 0 Å². The minimum atomic E-state index is -0.642. The fourth-order valence-electron chi connectivity index (χ4n) is 1.61. The molecule has 20 heavy (non-hydrogen) atoms. The summed E-state index contributed by atoms with van der Waals surface area (Å²) in [6, 6.07) is 1.32. The predicted molar refractivity (Wildman–Crippen MR) is 77.9 cm³/mol. The van der Waals surface area contributed by atoms with Crippen LogP contribution in [0.15, 0.2) is 6.07 Å². The molecule has 5 N–H and O–H groups in total. The summed E-state index contributed by atoms with van der Waals surface area (Å²) in [4.78, 5) is 11.8. The highest BCUT2D eigenvalue weighted by atomic mass is 16.5. The Hall–Kier alpha value is -2.11. The number of hydrogen-bond donors (Lipinski definition) is 3. The first-order valence-corrected chi connectivity index (χ1v) is 6.73. The van der Waals surface area contributed by atoms with Gasteiger partial charge in [0, 0.05) is 0 Å². The smallest absolute Gasteiger partial charge is 0.342 e. The molecule has 0 radical (unpaired) electrons. The van der Waals surface area contributed by atoms with Gasteiger partial charge in [-0.2, -0.15) is 0 Å². The summed E-state index contributed by atoms with van der Waals surface area (Å²) in [5, 5.41) is 9.97. The summed E-state index contributed by atoms with van der Waals surface area (Å²) in [5.41, 5.74) is 11.7. The Kier molecular flexibility index (Phi) is 5.96. The molecule has 6 heteroatoms. The van der Waals surface area contributed by atoms with Crippen molar-refractivity contribution in [2.45, 2.75) is 33.1 Å². The Bertz CT molecular complexity index is 475. The molecule has 0 aromatic heterocycles. The minimum Gasteiger partial charge on any atom is -0.505 e. The van der Waals surface area contributed by atoms with Crippen molar-refractivity contribution in [1.82, 2.24) is 0 Å². The van der Waals surface area contributed by atoms with Crippen LogP contribution in [0.1, 0.15) is 43.5 Å². The van der Waals surface area contributed by atoms with Crippen molar-refractivity contribution in [1.29, 1.82) is 0 Å². The maximum atomic E-state index is 11.8. The van der Waals surface area contributed by atoms with Crippen LogP contribution in [0, 0.1) is 0 Å². The molecule has 0 atom stereocenters. The van der Waals surface area contributed by atoms with Gasteiger partial charge in [0.25, 0.3) is 0 Å². The molecule has 0 amide bonds. The number of benzene rings is 1. The molecule has 0 unspecified atom stereocenters. The zero-order valence-electron chi connectivity index (χ0n) is 11.9. The van der Waals surface area contributed by atoms with Gasteiger partial charge in [0.05, 0.1) is 18.9 Å². The van der Waals surface area contributed by atoms with Gasteiger partial charge in [-0.15, -0.1) is 0 Å². The molecule has 0 spiro atoms. The van der Waals surface area contributed by atoms with Gasteiger partial charge in [-0.3, -0.25) is 0 Å². The number of nitrogen functional groups attached to an aromatic ring is 2. The lowest BCUT2D eigenvalue weighted by atomic mass is 10.1. The van der Waals surface area contributed by atoms with Crippen LogP contribution < -0.4 is 16.2 Å². The molecular weight excluding hydrogens is 260 g/mol. The summed E-state index contributed by atoms with van der Waals surface area (Å²) in [7, 11) is 0. The highest BCUT2D eigenvalue weighted by Gasteiger charge is 2.21. The molecule has 0 aliphatic carbocycles. The number of anilines is 2. The van der Waals surface area contributed by atoms with E-state index in [4.69, 9.17) is 20.9 Å². The standard InChI is InChI=1S/C14H22N2O4/c1-3-5-7-20-14(18)9-8-10(15)13(19-6-4-2)11(16)12(9)17/h8,17H,3-7,15-16H2,1-2H3. The first kappa shape index (κ1) is 15.9. The van der Waals surface area contributed by atoms with E-state index >= 15 is 0 Å². The van der Waals surface area contributed by atoms with Gasteiger partial charge in [-0.25, -0.2) is 4.79 Å². The van der Waals surface area contributed by atoms with Crippen molar-refractivity contribution >= 4 is 17.3 Å². The topological polar surface area (TPSA) is 108 Å². The van der Waals surface area contributed by atoms with Gasteiger partial charge >= 0.3 is 5.97 Å². The van der Waals surface area contributed by atoms with E-state index in [1.54, 1.807) is 0 Å². The highest BCUT2D eigenvalue weighted by Crippen LogP contribution is 2.39. The van der Waals surface area contributed by atoms with Gasteiger partial charge in [0.2, 0.25) is 0 Å². The van der Waals surface area contributed by atoms with Crippen LogP contribution in [0.5, 0.6) is 11.5 Å². The number of nitrogens with two attached hydrogens (primary N) is 2. The van der Waals surface area contributed by atoms with E-state index in [0.29, 0.717) is 13.2 Å². The van der Waals surface area contributed by atoms with Crippen molar-refractivity contribution in [2.24, 2.45) is 0 Å². The molecular formula is C14H22N2O4. The van der Waals surface area contributed by atoms with Gasteiger partial charge in [0.15, 0.2) is 11.5 Å². The van der Waals surface area contributed by atoms with Gasteiger partial charge < -0.3 is 26.0 Å². The Morgan fingerprint density at radius 3 is 2.55 bits per heavy atom. The number of aromatic hydroxyl groups is 1. The number of ether oxygens (including phenoxy) is 2. The molecule has 112 valence electrons. The Balaban J connectivity index is 2.96. The summed E-state index contributed by atoms with van der Waals surface area (Å²) in [6.45, 7) is 4.64. The third-order valence-electron chi connectivity index (χ3n) is 2.72. The number of carbonyl (C=O) groups excluding carboxylic acids is 1. The van der Waals surface area contributed by atoms with Crippen molar-refractivity contribution < 1.29 is 19.4 Å². The third-order valence-corrected chi connectivity index (χ3v) is 2.72. The average molecular weight is 282 g/mol. The number of phenols is 1. The first-order chi connectivity index (χ1) is 9.52. The van der Waals surface area contributed by atoms with Crippen molar-refractivity contribution in [3.05, 3.63) is 11.6 Å². The van der Waals surface area contributed by atoms with Crippen LogP contribution >= 0.6 is 0 Å². The second-order valence-electron chi connectivity index (χ2n) is 4.44. The fraction of sp³-hybridized carbons (Fsp3) is 0.500. The third kappa shape index (κ3) is 3.69. The second kappa shape index (κ2) is 7.47. The Morgan fingerprint density at radius 1 is 1.25 bits per heavy atom. The lowest BCUT2D eigenvalue weighted by Crippen LogP contribution is -2.10. The maximum Gasteiger partial charge on any atom is 0.342 e. The fourth-order valence-corrected chi connectivity index (χ4v) is 1.61. The van der Waals surface area contributed by atoms with Crippen molar-refractivity contribution in [3.63, 3.8) is 0 Å². The summed E-state index contributed by atoms with van der Waals surface area (Å²) in [5.74, 6) is -0.794. The zero-order chi connectivity index (χ0) is 15.1.